The van der Waals surface area contributed by atoms with Crippen molar-refractivity contribution in [3.8, 4) is 0 Å². The van der Waals surface area contributed by atoms with Crippen molar-refractivity contribution in [2.24, 2.45) is 11.3 Å². The minimum atomic E-state index is 0.263. The largest absolute Gasteiger partial charge is 0.271 e. The molecule has 3 N–H and O–H groups in total. The standard InChI is InChI=1S/C14H24N2/c1-11-6-5-7-12(10-11)13(16-15)8-9-14(2,3)4/h5-7,10,13,16H,8-9,15H2,1-4H3. The number of nitrogens with one attached hydrogen (secondary N) is 1. The summed E-state index contributed by atoms with van der Waals surface area (Å²) in [5.41, 5.74) is 5.85. The van der Waals surface area contributed by atoms with Crippen LogP contribution in [0.2, 0.25) is 0 Å². The van der Waals surface area contributed by atoms with E-state index in [9.17, 15) is 0 Å². The lowest BCUT2D eigenvalue weighted by molar-refractivity contribution is 0.333. The summed E-state index contributed by atoms with van der Waals surface area (Å²) in [5.74, 6) is 5.63. The molecule has 1 aromatic carbocycles. The summed E-state index contributed by atoms with van der Waals surface area (Å²) in [6, 6.07) is 8.81. The molecular weight excluding hydrogens is 196 g/mol. The number of hydrogen-bond donors (Lipinski definition) is 2. The second kappa shape index (κ2) is 5.46. The minimum Gasteiger partial charge on any atom is -0.271 e. The molecule has 0 bridgehead atoms. The van der Waals surface area contributed by atoms with Gasteiger partial charge < -0.3 is 0 Å². The third-order valence-corrected chi connectivity index (χ3v) is 2.83. The van der Waals surface area contributed by atoms with E-state index in [2.05, 4.69) is 57.4 Å². The Morgan fingerprint density at radius 3 is 2.50 bits per heavy atom. The normalized spacial score (nSPS) is 13.8. The van der Waals surface area contributed by atoms with E-state index in [1.54, 1.807) is 0 Å². The van der Waals surface area contributed by atoms with Crippen LogP contribution in [0.1, 0.15) is 50.8 Å². The van der Waals surface area contributed by atoms with Gasteiger partial charge in [0.15, 0.2) is 0 Å². The van der Waals surface area contributed by atoms with Gasteiger partial charge in [0.1, 0.15) is 0 Å². The van der Waals surface area contributed by atoms with E-state index in [-0.39, 0.29) is 6.04 Å². The second-order valence-corrected chi connectivity index (χ2v) is 5.73. The monoisotopic (exact) mass is 220 g/mol. The van der Waals surface area contributed by atoms with E-state index in [1.807, 2.05) is 0 Å². The van der Waals surface area contributed by atoms with Crippen LogP contribution in [0.25, 0.3) is 0 Å². The van der Waals surface area contributed by atoms with Crippen molar-refractivity contribution in [2.45, 2.75) is 46.6 Å². The molecule has 1 unspecified atom stereocenters. The van der Waals surface area contributed by atoms with Crippen molar-refractivity contribution in [2.75, 3.05) is 0 Å². The highest BCUT2D eigenvalue weighted by atomic mass is 15.2. The predicted octanol–water partition coefficient (Wildman–Crippen LogP) is 3.33. The number of benzene rings is 1. The summed E-state index contributed by atoms with van der Waals surface area (Å²) in [5, 5.41) is 0. The Morgan fingerprint density at radius 2 is 2.00 bits per heavy atom. The van der Waals surface area contributed by atoms with Crippen molar-refractivity contribution < 1.29 is 0 Å². The number of hydrazine groups is 1. The van der Waals surface area contributed by atoms with Crippen LogP contribution < -0.4 is 11.3 Å². The number of aryl methyl sites for hydroxylation is 1. The second-order valence-electron chi connectivity index (χ2n) is 5.73. The third kappa shape index (κ3) is 4.33. The van der Waals surface area contributed by atoms with Crippen LogP contribution in [-0.4, -0.2) is 0 Å². The van der Waals surface area contributed by atoms with Crippen LogP contribution in [0.3, 0.4) is 0 Å². The molecule has 1 aromatic rings. The third-order valence-electron chi connectivity index (χ3n) is 2.83. The van der Waals surface area contributed by atoms with Gasteiger partial charge in [0.2, 0.25) is 0 Å². The number of rotatable bonds is 4. The highest BCUT2D eigenvalue weighted by molar-refractivity contribution is 5.24. The fourth-order valence-corrected chi connectivity index (χ4v) is 1.81. The fraction of sp³-hybridized carbons (Fsp3) is 0.571. The van der Waals surface area contributed by atoms with Crippen molar-refractivity contribution in [1.82, 2.24) is 5.43 Å². The maximum absolute atomic E-state index is 5.63. The molecule has 1 atom stereocenters. The van der Waals surface area contributed by atoms with E-state index in [4.69, 9.17) is 5.84 Å². The molecule has 0 aliphatic carbocycles. The highest BCUT2D eigenvalue weighted by Crippen LogP contribution is 2.27. The summed E-state index contributed by atoms with van der Waals surface area (Å²) in [7, 11) is 0. The first-order valence-corrected chi connectivity index (χ1v) is 5.95. The van der Waals surface area contributed by atoms with E-state index in [0.717, 1.165) is 12.8 Å². The average molecular weight is 220 g/mol. The molecule has 2 heteroatoms. The van der Waals surface area contributed by atoms with Crippen molar-refractivity contribution in [3.63, 3.8) is 0 Å². The van der Waals surface area contributed by atoms with Crippen molar-refractivity contribution in [1.29, 1.82) is 0 Å². The summed E-state index contributed by atoms with van der Waals surface area (Å²) in [4.78, 5) is 0. The lowest BCUT2D eigenvalue weighted by Gasteiger charge is -2.23. The van der Waals surface area contributed by atoms with Crippen LogP contribution in [-0.2, 0) is 0 Å². The first-order valence-electron chi connectivity index (χ1n) is 5.95. The zero-order valence-corrected chi connectivity index (χ0v) is 10.9. The van der Waals surface area contributed by atoms with Crippen molar-refractivity contribution >= 4 is 0 Å². The first kappa shape index (κ1) is 13.2. The van der Waals surface area contributed by atoms with Gasteiger partial charge in [0.25, 0.3) is 0 Å². The predicted molar refractivity (Wildman–Crippen MR) is 69.9 cm³/mol. The van der Waals surface area contributed by atoms with Gasteiger partial charge in [-0.05, 0) is 30.7 Å². The Hall–Kier alpha value is -0.860. The topological polar surface area (TPSA) is 38.0 Å². The van der Waals surface area contributed by atoms with Gasteiger partial charge in [-0.3, -0.25) is 11.3 Å². The van der Waals surface area contributed by atoms with E-state index >= 15 is 0 Å². The van der Waals surface area contributed by atoms with Crippen molar-refractivity contribution in [3.05, 3.63) is 35.4 Å². The Labute approximate surface area is 99.2 Å². The summed E-state index contributed by atoms with van der Waals surface area (Å²) in [6.07, 6.45) is 2.24. The highest BCUT2D eigenvalue weighted by Gasteiger charge is 2.15. The molecule has 0 radical (unpaired) electrons. The summed E-state index contributed by atoms with van der Waals surface area (Å²) in [6.45, 7) is 8.89. The first-order chi connectivity index (χ1) is 7.42. The molecule has 0 heterocycles. The van der Waals surface area contributed by atoms with Gasteiger partial charge in [0, 0.05) is 6.04 Å². The zero-order valence-electron chi connectivity index (χ0n) is 10.9. The molecule has 1 rings (SSSR count). The van der Waals surface area contributed by atoms with Crippen LogP contribution >= 0.6 is 0 Å². The summed E-state index contributed by atoms with van der Waals surface area (Å²) >= 11 is 0. The number of hydrogen-bond acceptors (Lipinski definition) is 2. The van der Waals surface area contributed by atoms with Crippen LogP contribution in [0.15, 0.2) is 24.3 Å². The molecule has 0 amide bonds. The van der Waals surface area contributed by atoms with E-state index < -0.39 is 0 Å². The van der Waals surface area contributed by atoms with Gasteiger partial charge in [-0.2, -0.15) is 0 Å². The fourth-order valence-electron chi connectivity index (χ4n) is 1.81. The molecule has 0 saturated heterocycles. The Morgan fingerprint density at radius 1 is 1.31 bits per heavy atom. The maximum Gasteiger partial charge on any atom is 0.0460 e. The molecule has 90 valence electrons. The van der Waals surface area contributed by atoms with Gasteiger partial charge in [-0.1, -0.05) is 50.6 Å². The Kier molecular flexibility index (Phi) is 4.51. The molecule has 0 saturated carbocycles. The molecule has 0 fully saturated rings. The quantitative estimate of drug-likeness (QED) is 0.603. The van der Waals surface area contributed by atoms with Crippen LogP contribution in [0.4, 0.5) is 0 Å². The lowest BCUT2D eigenvalue weighted by Crippen LogP contribution is -2.29. The molecule has 2 nitrogen and oxygen atoms in total. The van der Waals surface area contributed by atoms with E-state index in [0.29, 0.717) is 5.41 Å². The molecule has 16 heavy (non-hydrogen) atoms. The van der Waals surface area contributed by atoms with Gasteiger partial charge in [0.05, 0.1) is 0 Å². The maximum atomic E-state index is 5.63. The molecule has 0 aromatic heterocycles. The Balaban J connectivity index is 2.68. The van der Waals surface area contributed by atoms with E-state index in [1.165, 1.54) is 11.1 Å². The Bertz CT molecular complexity index is 326. The molecule has 0 aliphatic rings. The minimum absolute atomic E-state index is 0.263. The van der Waals surface area contributed by atoms with Gasteiger partial charge in [-0.15, -0.1) is 0 Å². The number of nitrogens with two attached hydrogens (primary N) is 1. The van der Waals surface area contributed by atoms with Crippen LogP contribution in [0.5, 0.6) is 0 Å². The smallest absolute Gasteiger partial charge is 0.0460 e. The SMILES string of the molecule is Cc1cccc(C(CCC(C)(C)C)NN)c1. The van der Waals surface area contributed by atoms with Gasteiger partial charge in [-0.25, -0.2) is 0 Å². The van der Waals surface area contributed by atoms with Crippen LogP contribution in [0, 0.1) is 12.3 Å². The molecule has 0 aliphatic heterocycles. The zero-order chi connectivity index (χ0) is 12.2. The van der Waals surface area contributed by atoms with Gasteiger partial charge >= 0.3 is 0 Å². The molecular formula is C14H24N2. The lowest BCUT2D eigenvalue weighted by atomic mass is 9.87. The molecule has 0 spiro atoms. The summed E-state index contributed by atoms with van der Waals surface area (Å²) < 4.78 is 0. The average Bonchev–Trinajstić information content (AvgIpc) is 2.17.